The Morgan fingerprint density at radius 2 is 0.312 bits per heavy atom. The van der Waals surface area contributed by atoms with Crippen LogP contribution in [0.15, 0.2) is 0 Å². The summed E-state index contributed by atoms with van der Waals surface area (Å²) in [7, 11) is -17.9. The molecule has 0 N–H and O–H groups in total. The summed E-state index contributed by atoms with van der Waals surface area (Å²) in [5.41, 5.74) is 0. The van der Waals surface area contributed by atoms with Gasteiger partial charge in [0.2, 0.25) is 0 Å². The molecule has 0 aromatic carbocycles. The zero-order chi connectivity index (χ0) is 37.2. The van der Waals surface area contributed by atoms with Crippen LogP contribution in [0.2, 0.25) is 0 Å². The van der Waals surface area contributed by atoms with Crippen molar-refractivity contribution >= 4 is 46.9 Å². The Morgan fingerprint density at radius 3 is 0.375 bits per heavy atom. The molecule has 0 saturated heterocycles. The summed E-state index contributed by atoms with van der Waals surface area (Å²) in [5, 5.41) is 0. The minimum Gasteiger partial charge on any atom is -0.290 e. The molecular formula is C18H42O24P6. The van der Waals surface area contributed by atoms with E-state index in [1.165, 1.54) is 0 Å². The van der Waals surface area contributed by atoms with E-state index in [4.69, 9.17) is 81.4 Å². The SMILES string of the molecule is COP(=O)(OC)O[C@H]1[C@H](OP(=O)(OC)OC)[C@@H](OP(=O)(OC)OC)[C@H](OP(=O)(OC)OC)[C@@H](OP(=O)(OC)OC)[C@H]1OP(=O)(OC)OC. The van der Waals surface area contributed by atoms with Crippen LogP contribution in [0.1, 0.15) is 0 Å². The second kappa shape index (κ2) is 19.7. The standard InChI is InChI=1S/C18H42O24P6/c1-25-43(19,26-2)37-13-14(38-44(20,27-3)28-4)16(40-46(22,31-7)32-8)18(42-48(24,35-11)36-12)17(41-47(23,33-9)34-10)15(13)39-45(21,29-5)30-6/h13-18H,1-12H3/t13-,14-,15-,16+,17-,18-. The van der Waals surface area contributed by atoms with Gasteiger partial charge in [0, 0.05) is 85.3 Å². The van der Waals surface area contributed by atoms with Crippen LogP contribution >= 0.6 is 46.9 Å². The third kappa shape index (κ3) is 11.8. The molecule has 0 unspecified atom stereocenters. The minimum atomic E-state index is -4.77. The van der Waals surface area contributed by atoms with Crippen LogP contribution in [0.25, 0.3) is 0 Å². The van der Waals surface area contributed by atoms with Gasteiger partial charge in [-0.2, -0.15) is 0 Å². The third-order valence-corrected chi connectivity index (χ3v) is 14.5. The Kier molecular flexibility index (Phi) is 19.1. The molecule has 1 aliphatic rings. The molecule has 0 aromatic rings. The highest BCUT2D eigenvalue weighted by molar-refractivity contribution is 7.50. The van der Waals surface area contributed by atoms with E-state index >= 15 is 0 Å². The van der Waals surface area contributed by atoms with E-state index < -0.39 is 83.6 Å². The summed E-state index contributed by atoms with van der Waals surface area (Å²) in [6, 6.07) is 0. The monoisotopic (exact) mass is 828 g/mol. The highest BCUT2D eigenvalue weighted by Gasteiger charge is 2.64. The second-order valence-corrected chi connectivity index (χ2v) is 19.3. The van der Waals surface area contributed by atoms with Gasteiger partial charge < -0.3 is 0 Å². The van der Waals surface area contributed by atoms with Gasteiger partial charge in [-0.1, -0.05) is 0 Å². The lowest BCUT2D eigenvalue weighted by atomic mass is 9.85. The number of phosphoric ester groups is 6. The van der Waals surface area contributed by atoms with E-state index in [1.54, 1.807) is 0 Å². The van der Waals surface area contributed by atoms with Gasteiger partial charge in [0.1, 0.15) is 36.6 Å². The van der Waals surface area contributed by atoms with Crippen LogP contribution in [-0.4, -0.2) is 122 Å². The Morgan fingerprint density at radius 1 is 0.229 bits per heavy atom. The molecule has 1 fully saturated rings. The summed E-state index contributed by atoms with van der Waals surface area (Å²) in [4.78, 5) is 0. The molecule has 24 nitrogen and oxygen atoms in total. The molecule has 0 heterocycles. The quantitative estimate of drug-likeness (QED) is 0.119. The lowest BCUT2D eigenvalue weighted by Gasteiger charge is -2.49. The van der Waals surface area contributed by atoms with Gasteiger partial charge in [0.15, 0.2) is 0 Å². The maximum atomic E-state index is 13.5. The van der Waals surface area contributed by atoms with E-state index in [1.807, 2.05) is 0 Å². The van der Waals surface area contributed by atoms with Gasteiger partial charge in [-0.15, -0.1) is 0 Å². The number of hydrogen-bond acceptors (Lipinski definition) is 24. The molecule has 0 spiro atoms. The summed E-state index contributed by atoms with van der Waals surface area (Å²) in [5.74, 6) is 0. The van der Waals surface area contributed by atoms with Crippen molar-refractivity contribution in [2.45, 2.75) is 36.6 Å². The first kappa shape index (κ1) is 46.7. The van der Waals surface area contributed by atoms with E-state index in [2.05, 4.69) is 0 Å². The Hall–Kier alpha value is 0.660. The van der Waals surface area contributed by atoms with Crippen LogP contribution < -0.4 is 0 Å². The lowest BCUT2D eigenvalue weighted by molar-refractivity contribution is -0.205. The Labute approximate surface area is 277 Å². The normalized spacial score (nSPS) is 25.0. The molecule has 48 heavy (non-hydrogen) atoms. The van der Waals surface area contributed by atoms with Crippen molar-refractivity contribution in [1.82, 2.24) is 0 Å². The maximum absolute atomic E-state index is 13.5. The fourth-order valence-corrected chi connectivity index (χ4v) is 8.86. The van der Waals surface area contributed by atoms with Gasteiger partial charge in [-0.3, -0.25) is 81.4 Å². The summed E-state index contributed by atoms with van der Waals surface area (Å²) in [6.07, 6.45) is -13.5. The van der Waals surface area contributed by atoms with Crippen molar-refractivity contribution in [2.24, 2.45) is 0 Å². The fourth-order valence-electron chi connectivity index (χ4n) is 3.70. The number of hydrogen-bond donors (Lipinski definition) is 0. The highest BCUT2D eigenvalue weighted by atomic mass is 31.2. The van der Waals surface area contributed by atoms with Gasteiger partial charge in [0.25, 0.3) is 0 Å². The van der Waals surface area contributed by atoms with Crippen molar-refractivity contribution in [1.29, 1.82) is 0 Å². The molecular weight excluding hydrogens is 786 g/mol. The lowest BCUT2D eigenvalue weighted by Crippen LogP contribution is -2.66. The molecule has 0 amide bonds. The third-order valence-electron chi connectivity index (χ3n) is 6.13. The maximum Gasteiger partial charge on any atom is 0.474 e. The topological polar surface area (TPSA) is 269 Å². The van der Waals surface area contributed by atoms with Crippen molar-refractivity contribution in [3.8, 4) is 0 Å². The molecule has 30 heteroatoms. The van der Waals surface area contributed by atoms with E-state index in [-0.39, 0.29) is 0 Å². The minimum absolute atomic E-state index is 0.888. The molecule has 1 rings (SSSR count). The Bertz CT molecular complexity index is 988. The smallest absolute Gasteiger partial charge is 0.290 e. The second-order valence-electron chi connectivity index (χ2n) is 8.29. The van der Waals surface area contributed by atoms with E-state index in [0.717, 1.165) is 85.3 Å². The van der Waals surface area contributed by atoms with Gasteiger partial charge in [-0.05, 0) is 0 Å². The average Bonchev–Trinajstić information content (AvgIpc) is 3.11. The molecule has 0 radical (unpaired) electrons. The van der Waals surface area contributed by atoms with Gasteiger partial charge >= 0.3 is 46.9 Å². The van der Waals surface area contributed by atoms with Crippen molar-refractivity contribution < 1.29 is 109 Å². The Balaban J connectivity index is 4.51. The summed E-state index contributed by atoms with van der Waals surface area (Å²) in [6.45, 7) is 0. The van der Waals surface area contributed by atoms with Gasteiger partial charge in [0.05, 0.1) is 0 Å². The molecule has 0 aliphatic heterocycles. The first-order chi connectivity index (χ1) is 22.3. The zero-order valence-electron chi connectivity index (χ0n) is 27.9. The molecule has 1 saturated carbocycles. The van der Waals surface area contributed by atoms with E-state index in [0.29, 0.717) is 0 Å². The summed E-state index contributed by atoms with van der Waals surface area (Å²) < 4.78 is 173. The predicted molar refractivity (Wildman–Crippen MR) is 159 cm³/mol. The van der Waals surface area contributed by atoms with Crippen LogP contribution in [0.5, 0.6) is 0 Å². The average molecular weight is 828 g/mol. The first-order valence-corrected chi connectivity index (χ1v) is 21.5. The van der Waals surface area contributed by atoms with Crippen molar-refractivity contribution in [3.05, 3.63) is 0 Å². The molecule has 0 aromatic heterocycles. The van der Waals surface area contributed by atoms with Crippen LogP contribution in [0.3, 0.4) is 0 Å². The van der Waals surface area contributed by atoms with Crippen molar-refractivity contribution in [2.75, 3.05) is 85.3 Å². The van der Waals surface area contributed by atoms with Crippen LogP contribution in [-0.2, 0) is 109 Å². The van der Waals surface area contributed by atoms with Crippen LogP contribution in [0, 0.1) is 0 Å². The highest BCUT2D eigenvalue weighted by Crippen LogP contribution is 2.64. The molecule has 288 valence electrons. The first-order valence-electron chi connectivity index (χ1n) is 12.7. The predicted octanol–water partition coefficient (Wildman–Crippen LogP) is 4.72. The van der Waals surface area contributed by atoms with Crippen LogP contribution in [0.4, 0.5) is 0 Å². The number of phosphoric acid groups is 6. The molecule has 1 aliphatic carbocycles. The van der Waals surface area contributed by atoms with Gasteiger partial charge in [-0.25, -0.2) is 27.4 Å². The largest absolute Gasteiger partial charge is 0.474 e. The zero-order valence-corrected chi connectivity index (χ0v) is 33.3. The summed E-state index contributed by atoms with van der Waals surface area (Å²) >= 11 is 0. The van der Waals surface area contributed by atoms with E-state index in [9.17, 15) is 27.4 Å². The molecule has 0 bridgehead atoms. The number of rotatable bonds is 24. The fraction of sp³-hybridized carbons (Fsp3) is 1.00. The van der Waals surface area contributed by atoms with Crippen molar-refractivity contribution in [3.63, 3.8) is 0 Å². The molecule has 0 atom stereocenters.